The molecule has 0 bridgehead atoms. The van der Waals surface area contributed by atoms with Gasteiger partial charge in [-0.05, 0) is 24.5 Å². The average Bonchev–Trinajstić information content (AvgIpc) is 3.50. The van der Waals surface area contributed by atoms with Crippen LogP contribution in [0.4, 0.5) is 0 Å². The smallest absolute Gasteiger partial charge is 0.253 e. The number of benzene rings is 1. The fourth-order valence-corrected chi connectivity index (χ4v) is 5.09. The Balaban J connectivity index is 1.58. The molecule has 1 N–H and O–H groups in total. The molecular formula is C25H29N3O3S. The van der Waals surface area contributed by atoms with E-state index in [0.717, 1.165) is 29.1 Å². The zero-order valence-corrected chi connectivity index (χ0v) is 19.4. The number of carbonyl (C=O) groups excluding carboxylic acids is 2. The molecule has 3 aromatic rings. The van der Waals surface area contributed by atoms with Gasteiger partial charge < -0.3 is 14.6 Å². The summed E-state index contributed by atoms with van der Waals surface area (Å²) < 4.78 is 7.61. The molecule has 0 fully saturated rings. The minimum absolute atomic E-state index is 0.0457. The fourth-order valence-electron chi connectivity index (χ4n) is 4.27. The number of thiazole rings is 1. The Kier molecular flexibility index (Phi) is 7.17. The van der Waals surface area contributed by atoms with E-state index in [1.807, 2.05) is 40.3 Å². The molecule has 0 spiro atoms. The van der Waals surface area contributed by atoms with Crippen molar-refractivity contribution in [1.29, 1.82) is 0 Å². The summed E-state index contributed by atoms with van der Waals surface area (Å²) in [6.07, 6.45) is 3.79. The highest BCUT2D eigenvalue weighted by molar-refractivity contribution is 7.09. The van der Waals surface area contributed by atoms with Gasteiger partial charge in [0.15, 0.2) is 5.78 Å². The highest BCUT2D eigenvalue weighted by atomic mass is 32.1. The van der Waals surface area contributed by atoms with Crippen LogP contribution >= 0.6 is 11.3 Å². The number of rotatable bonds is 9. The van der Waals surface area contributed by atoms with Gasteiger partial charge in [0.25, 0.3) is 5.91 Å². The number of carbonyl (C=O) groups is 2. The molecule has 6 nitrogen and oxygen atoms in total. The van der Waals surface area contributed by atoms with E-state index in [2.05, 4.69) is 24.1 Å². The van der Waals surface area contributed by atoms with Crippen molar-refractivity contribution in [3.05, 3.63) is 75.5 Å². The lowest BCUT2D eigenvalue weighted by Gasteiger charge is -2.21. The molecule has 0 aliphatic carbocycles. The summed E-state index contributed by atoms with van der Waals surface area (Å²) in [5.41, 5.74) is 2.97. The Hall–Kier alpha value is -2.77. The van der Waals surface area contributed by atoms with Gasteiger partial charge in [-0.25, -0.2) is 4.98 Å². The molecular weight excluding hydrogens is 422 g/mol. The molecule has 1 aliphatic rings. The van der Waals surface area contributed by atoms with Crippen molar-refractivity contribution in [3.8, 4) is 0 Å². The summed E-state index contributed by atoms with van der Waals surface area (Å²) in [4.78, 5) is 31.0. The predicted octanol–water partition coefficient (Wildman–Crippen LogP) is 5.12. The number of Topliss-reactive ketones (excluding diaryl/α,β-unsaturated/α-hetero) is 1. The molecule has 1 amide bonds. The summed E-state index contributed by atoms with van der Waals surface area (Å²) in [5, 5.41) is 6.08. The molecule has 7 heteroatoms. The zero-order chi connectivity index (χ0) is 22.5. The number of ether oxygens (including phenoxy) is 1. The third kappa shape index (κ3) is 4.69. The maximum absolute atomic E-state index is 13.3. The molecule has 0 radical (unpaired) electrons. The number of nitrogens with one attached hydrogen (secondary N) is 1. The highest BCUT2D eigenvalue weighted by Gasteiger charge is 2.28. The largest absolute Gasteiger partial charge is 0.373 e. The van der Waals surface area contributed by atoms with E-state index in [9.17, 15) is 9.59 Å². The third-order valence-corrected chi connectivity index (χ3v) is 7.02. The van der Waals surface area contributed by atoms with Crippen LogP contribution in [0, 0.1) is 0 Å². The quantitative estimate of drug-likeness (QED) is 0.458. The number of hydrogen-bond acceptors (Lipinski definition) is 5. The summed E-state index contributed by atoms with van der Waals surface area (Å²) >= 11 is 1.58. The first-order valence-corrected chi connectivity index (χ1v) is 12.1. The van der Waals surface area contributed by atoms with Crippen molar-refractivity contribution >= 4 is 23.0 Å². The Morgan fingerprint density at radius 1 is 1.22 bits per heavy atom. The molecule has 1 unspecified atom stereocenters. The van der Waals surface area contributed by atoms with E-state index in [0.29, 0.717) is 37.4 Å². The maximum atomic E-state index is 13.3. The lowest BCUT2D eigenvalue weighted by molar-refractivity contribution is 0.0780. The molecule has 1 aliphatic heterocycles. The van der Waals surface area contributed by atoms with Crippen LogP contribution in [0.2, 0.25) is 0 Å². The number of hydrogen-bond donors (Lipinski definition) is 1. The minimum Gasteiger partial charge on any atom is -0.373 e. The van der Waals surface area contributed by atoms with E-state index >= 15 is 0 Å². The first kappa shape index (κ1) is 22.4. The third-order valence-electron chi connectivity index (χ3n) is 6.08. The topological polar surface area (TPSA) is 73.2 Å². The van der Waals surface area contributed by atoms with Gasteiger partial charge in [-0.15, -0.1) is 11.3 Å². The second kappa shape index (κ2) is 10.2. The Morgan fingerprint density at radius 2 is 2.03 bits per heavy atom. The number of aromatic nitrogens is 2. The summed E-state index contributed by atoms with van der Waals surface area (Å²) in [6, 6.07) is 11.6. The van der Waals surface area contributed by atoms with Crippen molar-refractivity contribution in [2.75, 3.05) is 6.61 Å². The lowest BCUT2D eigenvalue weighted by atomic mass is 9.98. The van der Waals surface area contributed by atoms with Crippen LogP contribution in [0.1, 0.15) is 82.2 Å². The van der Waals surface area contributed by atoms with Crippen molar-refractivity contribution < 1.29 is 14.3 Å². The molecule has 4 rings (SSSR count). The van der Waals surface area contributed by atoms with Crippen LogP contribution < -0.4 is 5.32 Å². The van der Waals surface area contributed by atoms with E-state index < -0.39 is 0 Å². The van der Waals surface area contributed by atoms with Crippen LogP contribution in [0.3, 0.4) is 0 Å². The number of amides is 1. The van der Waals surface area contributed by atoms with Crippen molar-refractivity contribution in [1.82, 2.24) is 14.9 Å². The standard InChI is InChI=1S/C25H29N3O3S/c1-3-17(25-26-10-13-32-25)14-23(29)21-15-19(22-16-31-12-11-28(21)22)24(30)27-20(4-2)18-8-6-5-7-9-18/h5-10,13,15,17,20H,3-4,11-12,14,16H2,1-2H3,(H,27,30)/t17?,20-/m1/s1. The van der Waals surface area contributed by atoms with Crippen molar-refractivity contribution in [2.45, 2.75) is 58.2 Å². The molecule has 3 heterocycles. The molecule has 32 heavy (non-hydrogen) atoms. The van der Waals surface area contributed by atoms with Gasteiger partial charge >= 0.3 is 0 Å². The fraction of sp³-hybridized carbons (Fsp3) is 0.400. The van der Waals surface area contributed by atoms with Crippen molar-refractivity contribution in [2.24, 2.45) is 0 Å². The molecule has 1 aromatic carbocycles. The normalized spacial score (nSPS) is 15.1. The summed E-state index contributed by atoms with van der Waals surface area (Å²) in [6.45, 7) is 5.58. The van der Waals surface area contributed by atoms with E-state index in [1.54, 1.807) is 23.6 Å². The van der Waals surface area contributed by atoms with Gasteiger partial charge in [0.1, 0.15) is 0 Å². The molecule has 168 valence electrons. The number of fused-ring (bicyclic) bond motifs is 1. The van der Waals surface area contributed by atoms with Crippen LogP contribution in [0.15, 0.2) is 48.0 Å². The van der Waals surface area contributed by atoms with Crippen LogP contribution in [-0.4, -0.2) is 27.8 Å². The first-order chi connectivity index (χ1) is 15.6. The Morgan fingerprint density at radius 3 is 2.72 bits per heavy atom. The van der Waals surface area contributed by atoms with Gasteiger partial charge in [0, 0.05) is 30.5 Å². The van der Waals surface area contributed by atoms with Crippen LogP contribution in [0.5, 0.6) is 0 Å². The minimum atomic E-state index is -0.166. The predicted molar refractivity (Wildman–Crippen MR) is 125 cm³/mol. The summed E-state index contributed by atoms with van der Waals surface area (Å²) in [5.74, 6) is -0.0290. The lowest BCUT2D eigenvalue weighted by Crippen LogP contribution is -2.29. The van der Waals surface area contributed by atoms with Crippen LogP contribution in [0.25, 0.3) is 0 Å². The SMILES string of the molecule is CCC(CC(=O)c1cc(C(=O)N[C@H](CC)c2ccccc2)c2n1CCOC2)c1nccs1. The zero-order valence-electron chi connectivity index (χ0n) is 18.5. The monoisotopic (exact) mass is 451 g/mol. The number of nitrogens with zero attached hydrogens (tertiary/aromatic N) is 2. The maximum Gasteiger partial charge on any atom is 0.253 e. The van der Waals surface area contributed by atoms with Gasteiger partial charge in [-0.2, -0.15) is 0 Å². The second-order valence-corrected chi connectivity index (χ2v) is 8.97. The molecule has 2 atom stereocenters. The van der Waals surface area contributed by atoms with E-state index in [1.165, 1.54) is 0 Å². The number of ketones is 1. The van der Waals surface area contributed by atoms with Gasteiger partial charge in [-0.3, -0.25) is 9.59 Å². The first-order valence-electron chi connectivity index (χ1n) is 11.2. The van der Waals surface area contributed by atoms with E-state index in [4.69, 9.17) is 4.74 Å². The molecule has 0 saturated heterocycles. The average molecular weight is 452 g/mol. The second-order valence-electron chi connectivity index (χ2n) is 8.04. The Bertz CT molecular complexity index is 1060. The summed E-state index contributed by atoms with van der Waals surface area (Å²) in [7, 11) is 0. The van der Waals surface area contributed by atoms with Gasteiger partial charge in [0.05, 0.1) is 41.2 Å². The molecule has 0 saturated carbocycles. The van der Waals surface area contributed by atoms with Crippen LogP contribution in [-0.2, 0) is 17.9 Å². The Labute approximate surface area is 192 Å². The van der Waals surface area contributed by atoms with Gasteiger partial charge in [-0.1, -0.05) is 44.2 Å². The van der Waals surface area contributed by atoms with Gasteiger partial charge in [0.2, 0.25) is 0 Å². The van der Waals surface area contributed by atoms with Crippen molar-refractivity contribution in [3.63, 3.8) is 0 Å². The van der Waals surface area contributed by atoms with E-state index in [-0.39, 0.29) is 23.7 Å². The highest BCUT2D eigenvalue weighted by Crippen LogP contribution is 2.29. The molecule has 2 aromatic heterocycles.